The van der Waals surface area contributed by atoms with Crippen LogP contribution in [0.4, 0.5) is 0 Å². The number of benzene rings is 3. The molecule has 3 aromatic carbocycles. The normalized spacial score (nSPS) is 10.3. The number of hydrogen-bond donors (Lipinski definition) is 0. The molecule has 1 nitrogen and oxygen atoms in total. The van der Waals surface area contributed by atoms with Crippen LogP contribution in [0.1, 0.15) is 21.5 Å². The summed E-state index contributed by atoms with van der Waals surface area (Å²) in [5.74, 6) is 0.0679. The lowest BCUT2D eigenvalue weighted by Crippen LogP contribution is -2.01. The van der Waals surface area contributed by atoms with Gasteiger partial charge < -0.3 is 0 Å². The Kier molecular flexibility index (Phi) is 3.65. The van der Waals surface area contributed by atoms with Gasteiger partial charge in [-0.2, -0.15) is 0 Å². The van der Waals surface area contributed by atoms with Crippen LogP contribution in [0.5, 0.6) is 0 Å². The van der Waals surface area contributed by atoms with Gasteiger partial charge in [0.1, 0.15) is 0 Å². The van der Waals surface area contributed by atoms with Crippen LogP contribution in [-0.2, 0) is 0 Å². The smallest absolute Gasteiger partial charge is 0.193 e. The summed E-state index contributed by atoms with van der Waals surface area (Å²) in [6.45, 7) is 2.05. The first-order valence-electron chi connectivity index (χ1n) is 7.01. The maximum Gasteiger partial charge on any atom is 0.193 e. The minimum absolute atomic E-state index is 0.0679. The van der Waals surface area contributed by atoms with E-state index in [1.54, 1.807) is 0 Å². The quantitative estimate of drug-likeness (QED) is 0.620. The zero-order valence-corrected chi connectivity index (χ0v) is 11.9. The van der Waals surface area contributed by atoms with Crippen LogP contribution < -0.4 is 0 Å². The average molecular weight is 272 g/mol. The van der Waals surface area contributed by atoms with Crippen LogP contribution in [0.2, 0.25) is 0 Å². The van der Waals surface area contributed by atoms with Crippen LogP contribution in [0.15, 0.2) is 78.9 Å². The van der Waals surface area contributed by atoms with Crippen LogP contribution >= 0.6 is 0 Å². The van der Waals surface area contributed by atoms with Crippen molar-refractivity contribution in [3.63, 3.8) is 0 Å². The third kappa shape index (κ3) is 2.77. The van der Waals surface area contributed by atoms with Crippen LogP contribution in [0.25, 0.3) is 11.1 Å². The molecule has 0 saturated heterocycles. The van der Waals surface area contributed by atoms with Crippen LogP contribution in [0, 0.1) is 6.92 Å². The van der Waals surface area contributed by atoms with Gasteiger partial charge in [0.15, 0.2) is 5.78 Å². The maximum absolute atomic E-state index is 12.4. The molecular weight excluding hydrogens is 256 g/mol. The molecule has 0 aliphatic carbocycles. The number of aryl methyl sites for hydroxylation is 1. The fourth-order valence-corrected chi connectivity index (χ4v) is 2.50. The molecule has 0 radical (unpaired) electrons. The lowest BCUT2D eigenvalue weighted by atomic mass is 9.95. The van der Waals surface area contributed by atoms with E-state index in [0.29, 0.717) is 0 Å². The Labute approximate surface area is 124 Å². The molecule has 0 unspecified atom stereocenters. The van der Waals surface area contributed by atoms with E-state index in [9.17, 15) is 4.79 Å². The van der Waals surface area contributed by atoms with Crippen molar-refractivity contribution >= 4 is 5.78 Å². The molecule has 0 amide bonds. The lowest BCUT2D eigenvalue weighted by Gasteiger charge is -2.08. The molecule has 0 bridgehead atoms. The predicted octanol–water partition coefficient (Wildman–Crippen LogP) is 4.89. The van der Waals surface area contributed by atoms with E-state index in [-0.39, 0.29) is 5.78 Å². The van der Waals surface area contributed by atoms with E-state index in [2.05, 4.69) is 12.1 Å². The van der Waals surface area contributed by atoms with E-state index in [1.807, 2.05) is 73.7 Å². The van der Waals surface area contributed by atoms with Crippen molar-refractivity contribution in [1.29, 1.82) is 0 Å². The largest absolute Gasteiger partial charge is 0.289 e. The monoisotopic (exact) mass is 272 g/mol. The van der Waals surface area contributed by atoms with E-state index in [4.69, 9.17) is 0 Å². The highest BCUT2D eigenvalue weighted by Crippen LogP contribution is 2.24. The Hall–Kier alpha value is -2.67. The fraction of sp³-hybridized carbons (Fsp3) is 0.0500. The summed E-state index contributed by atoms with van der Waals surface area (Å²) in [6.07, 6.45) is 0. The van der Waals surface area contributed by atoms with Gasteiger partial charge in [0, 0.05) is 11.1 Å². The molecule has 0 fully saturated rings. The summed E-state index contributed by atoms with van der Waals surface area (Å²) in [6, 6.07) is 25.5. The molecule has 0 saturated carbocycles. The van der Waals surface area contributed by atoms with Crippen molar-refractivity contribution in [1.82, 2.24) is 0 Å². The Bertz CT molecular complexity index is 758. The summed E-state index contributed by atoms with van der Waals surface area (Å²) in [4.78, 5) is 12.4. The van der Waals surface area contributed by atoms with Crippen molar-refractivity contribution < 1.29 is 4.79 Å². The highest BCUT2D eigenvalue weighted by Gasteiger charge is 2.10. The fourth-order valence-electron chi connectivity index (χ4n) is 2.50. The Balaban J connectivity index is 1.97. The molecule has 0 aromatic heterocycles. The summed E-state index contributed by atoms with van der Waals surface area (Å²) >= 11 is 0. The van der Waals surface area contributed by atoms with Gasteiger partial charge in [-0.1, -0.05) is 72.8 Å². The van der Waals surface area contributed by atoms with Gasteiger partial charge in [0.25, 0.3) is 0 Å². The number of hydrogen-bond acceptors (Lipinski definition) is 1. The second-order valence-electron chi connectivity index (χ2n) is 5.09. The summed E-state index contributed by atoms with van der Waals surface area (Å²) in [7, 11) is 0. The third-order valence-corrected chi connectivity index (χ3v) is 3.61. The zero-order valence-electron chi connectivity index (χ0n) is 11.9. The first-order valence-corrected chi connectivity index (χ1v) is 7.01. The molecule has 102 valence electrons. The minimum atomic E-state index is 0.0679. The Morgan fingerprint density at radius 1 is 0.714 bits per heavy atom. The molecule has 21 heavy (non-hydrogen) atoms. The lowest BCUT2D eigenvalue weighted by molar-refractivity contribution is 0.103. The van der Waals surface area contributed by atoms with E-state index in [0.717, 1.165) is 16.7 Å². The molecule has 0 N–H and O–H groups in total. The number of rotatable bonds is 3. The molecule has 0 aliphatic heterocycles. The van der Waals surface area contributed by atoms with Crippen molar-refractivity contribution in [3.05, 3.63) is 95.6 Å². The molecule has 0 spiro atoms. The van der Waals surface area contributed by atoms with Crippen LogP contribution in [0.3, 0.4) is 0 Å². The molecule has 0 heterocycles. The predicted molar refractivity (Wildman–Crippen MR) is 86.5 cm³/mol. The number of carbonyl (C=O) groups excluding carboxylic acids is 1. The summed E-state index contributed by atoms with van der Waals surface area (Å²) < 4.78 is 0. The standard InChI is InChI=1S/C20H16O/c1-15-14-18(20(21)17-10-6-3-7-11-17)12-13-19(15)16-8-4-2-5-9-16/h2-14H,1H3. The zero-order chi connectivity index (χ0) is 14.7. The first kappa shape index (κ1) is 13.3. The maximum atomic E-state index is 12.4. The molecule has 3 rings (SSSR count). The highest BCUT2D eigenvalue weighted by atomic mass is 16.1. The Morgan fingerprint density at radius 3 is 1.95 bits per heavy atom. The van der Waals surface area contributed by atoms with Gasteiger partial charge in [-0.15, -0.1) is 0 Å². The van der Waals surface area contributed by atoms with E-state index in [1.165, 1.54) is 11.1 Å². The molecular formula is C20H16O. The van der Waals surface area contributed by atoms with Crippen molar-refractivity contribution in [2.75, 3.05) is 0 Å². The average Bonchev–Trinajstić information content (AvgIpc) is 2.55. The highest BCUT2D eigenvalue weighted by molar-refractivity contribution is 6.09. The second kappa shape index (κ2) is 5.76. The van der Waals surface area contributed by atoms with Gasteiger partial charge in [-0.25, -0.2) is 0 Å². The van der Waals surface area contributed by atoms with Gasteiger partial charge in [0.05, 0.1) is 0 Å². The van der Waals surface area contributed by atoms with Crippen molar-refractivity contribution in [2.24, 2.45) is 0 Å². The molecule has 0 atom stereocenters. The van der Waals surface area contributed by atoms with Gasteiger partial charge >= 0.3 is 0 Å². The Morgan fingerprint density at radius 2 is 1.33 bits per heavy atom. The van der Waals surface area contributed by atoms with E-state index < -0.39 is 0 Å². The topological polar surface area (TPSA) is 17.1 Å². The minimum Gasteiger partial charge on any atom is -0.289 e. The van der Waals surface area contributed by atoms with Crippen molar-refractivity contribution in [2.45, 2.75) is 6.92 Å². The molecule has 0 aliphatic rings. The number of carbonyl (C=O) groups is 1. The van der Waals surface area contributed by atoms with Gasteiger partial charge in [-0.3, -0.25) is 4.79 Å². The third-order valence-electron chi connectivity index (χ3n) is 3.61. The first-order chi connectivity index (χ1) is 10.3. The molecule has 3 aromatic rings. The van der Waals surface area contributed by atoms with Crippen LogP contribution in [-0.4, -0.2) is 5.78 Å². The van der Waals surface area contributed by atoms with Crippen molar-refractivity contribution in [3.8, 4) is 11.1 Å². The van der Waals surface area contributed by atoms with Gasteiger partial charge in [0.2, 0.25) is 0 Å². The molecule has 1 heteroatoms. The summed E-state index contributed by atoms with van der Waals surface area (Å²) in [5.41, 5.74) is 4.92. The second-order valence-corrected chi connectivity index (χ2v) is 5.09. The van der Waals surface area contributed by atoms with Gasteiger partial charge in [-0.05, 0) is 29.7 Å². The van der Waals surface area contributed by atoms with E-state index >= 15 is 0 Å². The SMILES string of the molecule is Cc1cc(C(=O)c2ccccc2)ccc1-c1ccccc1. The summed E-state index contributed by atoms with van der Waals surface area (Å²) in [5, 5.41) is 0. The number of ketones is 1.